The molecule has 2 heterocycles. The van der Waals surface area contributed by atoms with Crippen molar-refractivity contribution in [2.24, 2.45) is 0 Å². The maximum absolute atomic E-state index is 13.0. The molecule has 0 aliphatic carbocycles. The van der Waals surface area contributed by atoms with Gasteiger partial charge in [0.25, 0.3) is 5.91 Å². The number of nitrogens with zero attached hydrogens (tertiary/aromatic N) is 1. The molecule has 154 valence electrons. The summed E-state index contributed by atoms with van der Waals surface area (Å²) in [5.74, 6) is -1.81. The fourth-order valence-corrected chi connectivity index (χ4v) is 3.56. The van der Waals surface area contributed by atoms with Gasteiger partial charge in [0, 0.05) is 18.5 Å². The second kappa shape index (κ2) is 7.37. The predicted octanol–water partition coefficient (Wildman–Crippen LogP) is 4.62. The normalized spacial score (nSPS) is 16.2. The number of hydrogen-bond donors (Lipinski definition) is 1. The summed E-state index contributed by atoms with van der Waals surface area (Å²) in [7, 11) is 0. The van der Waals surface area contributed by atoms with E-state index in [0.717, 1.165) is 23.3 Å². The Balaban J connectivity index is 1.63. The number of benzene rings is 2. The Bertz CT molecular complexity index is 1120. The first-order valence-corrected chi connectivity index (χ1v) is 9.12. The molecule has 0 saturated carbocycles. The Morgan fingerprint density at radius 2 is 1.73 bits per heavy atom. The number of furan rings is 1. The molecule has 30 heavy (non-hydrogen) atoms. The van der Waals surface area contributed by atoms with E-state index in [-0.39, 0.29) is 30.0 Å². The first-order chi connectivity index (χ1) is 14.2. The average Bonchev–Trinajstić information content (AvgIpc) is 3.22. The fraction of sp³-hybridized carbons (Fsp3) is 0.182. The molecule has 0 fully saturated rings. The number of carboxylic acid groups (broad SMARTS) is 1. The van der Waals surface area contributed by atoms with Crippen LogP contribution in [-0.4, -0.2) is 27.9 Å². The van der Waals surface area contributed by atoms with Gasteiger partial charge in [0.15, 0.2) is 5.76 Å². The molecule has 0 saturated heterocycles. The molecule has 1 N–H and O–H groups in total. The van der Waals surface area contributed by atoms with Crippen LogP contribution >= 0.6 is 0 Å². The Hall–Kier alpha value is -3.55. The van der Waals surface area contributed by atoms with E-state index in [9.17, 15) is 27.9 Å². The molecule has 2 aromatic carbocycles. The van der Waals surface area contributed by atoms with E-state index in [2.05, 4.69) is 0 Å². The van der Waals surface area contributed by atoms with E-state index in [1.807, 2.05) is 18.2 Å². The zero-order valence-electron chi connectivity index (χ0n) is 15.5. The average molecular weight is 415 g/mol. The van der Waals surface area contributed by atoms with E-state index in [1.54, 1.807) is 6.07 Å². The highest BCUT2D eigenvalue weighted by atomic mass is 19.4. The molecule has 4 rings (SSSR count). The number of hydrogen-bond acceptors (Lipinski definition) is 3. The lowest BCUT2D eigenvalue weighted by atomic mass is 9.94. The predicted molar refractivity (Wildman–Crippen MR) is 101 cm³/mol. The van der Waals surface area contributed by atoms with Crippen molar-refractivity contribution < 1.29 is 32.3 Å². The van der Waals surface area contributed by atoms with Crippen molar-refractivity contribution in [3.05, 3.63) is 83.1 Å². The minimum atomic E-state index is -4.50. The van der Waals surface area contributed by atoms with Gasteiger partial charge in [0.2, 0.25) is 0 Å². The zero-order chi connectivity index (χ0) is 21.5. The van der Waals surface area contributed by atoms with Crippen molar-refractivity contribution in [3.8, 4) is 11.3 Å². The van der Waals surface area contributed by atoms with E-state index in [1.165, 1.54) is 29.2 Å². The van der Waals surface area contributed by atoms with Crippen LogP contribution in [0.3, 0.4) is 0 Å². The molecular weight excluding hydrogens is 399 g/mol. The van der Waals surface area contributed by atoms with Crippen LogP contribution in [0.15, 0.2) is 65.1 Å². The van der Waals surface area contributed by atoms with Gasteiger partial charge >= 0.3 is 12.1 Å². The minimum Gasteiger partial charge on any atom is -0.480 e. The molecule has 3 aromatic rings. The van der Waals surface area contributed by atoms with Crippen LogP contribution in [0.25, 0.3) is 11.3 Å². The molecule has 0 bridgehead atoms. The summed E-state index contributed by atoms with van der Waals surface area (Å²) in [6, 6.07) is 13.5. The molecule has 0 radical (unpaired) electrons. The van der Waals surface area contributed by atoms with Crippen LogP contribution in [0.2, 0.25) is 0 Å². The summed E-state index contributed by atoms with van der Waals surface area (Å²) in [5.41, 5.74) is 1.04. The Labute approximate surface area is 169 Å². The molecule has 0 spiro atoms. The van der Waals surface area contributed by atoms with Crippen molar-refractivity contribution in [2.45, 2.75) is 25.2 Å². The quantitative estimate of drug-likeness (QED) is 0.678. The molecular formula is C22H16F3NO4. The van der Waals surface area contributed by atoms with E-state index < -0.39 is 29.7 Å². The summed E-state index contributed by atoms with van der Waals surface area (Å²) in [4.78, 5) is 25.9. The zero-order valence-corrected chi connectivity index (χ0v) is 15.5. The molecule has 1 aliphatic rings. The van der Waals surface area contributed by atoms with Gasteiger partial charge < -0.3 is 14.4 Å². The Kier molecular flexibility index (Phi) is 4.85. The second-order valence-corrected chi connectivity index (χ2v) is 7.00. The van der Waals surface area contributed by atoms with Crippen LogP contribution in [-0.2, 0) is 23.9 Å². The summed E-state index contributed by atoms with van der Waals surface area (Å²) in [5, 5.41) is 9.59. The highest BCUT2D eigenvalue weighted by Crippen LogP contribution is 2.33. The van der Waals surface area contributed by atoms with Gasteiger partial charge in [-0.1, -0.05) is 36.4 Å². The monoisotopic (exact) mass is 415 g/mol. The van der Waals surface area contributed by atoms with Crippen LogP contribution in [0, 0.1) is 0 Å². The maximum atomic E-state index is 13.0. The van der Waals surface area contributed by atoms with Crippen molar-refractivity contribution in [3.63, 3.8) is 0 Å². The number of aliphatic carboxylic acids is 1. The second-order valence-electron chi connectivity index (χ2n) is 7.00. The third kappa shape index (κ3) is 3.68. The van der Waals surface area contributed by atoms with Crippen molar-refractivity contribution >= 4 is 11.9 Å². The number of carboxylic acids is 1. The van der Waals surface area contributed by atoms with Gasteiger partial charge in [0.05, 0.1) is 5.56 Å². The van der Waals surface area contributed by atoms with Gasteiger partial charge in [-0.2, -0.15) is 13.2 Å². The topological polar surface area (TPSA) is 70.8 Å². The van der Waals surface area contributed by atoms with Gasteiger partial charge in [-0.05, 0) is 35.4 Å². The summed E-state index contributed by atoms with van der Waals surface area (Å²) < 4.78 is 44.4. The number of amides is 1. The van der Waals surface area contributed by atoms with Crippen molar-refractivity contribution in [1.29, 1.82) is 0 Å². The third-order valence-electron chi connectivity index (χ3n) is 5.09. The molecule has 1 aliphatic heterocycles. The van der Waals surface area contributed by atoms with Gasteiger partial charge in [-0.25, -0.2) is 4.79 Å². The lowest BCUT2D eigenvalue weighted by molar-refractivity contribution is -0.143. The van der Waals surface area contributed by atoms with Gasteiger partial charge in [-0.3, -0.25) is 4.79 Å². The van der Waals surface area contributed by atoms with Gasteiger partial charge in [0.1, 0.15) is 11.8 Å². The van der Waals surface area contributed by atoms with Crippen molar-refractivity contribution in [1.82, 2.24) is 4.90 Å². The van der Waals surface area contributed by atoms with Crippen LogP contribution in [0.5, 0.6) is 0 Å². The third-order valence-corrected chi connectivity index (χ3v) is 5.09. The molecule has 1 amide bonds. The SMILES string of the molecule is O=C(O)C1Cc2ccccc2CN1C(=O)c1ccc(-c2cccc(C(F)(F)F)c2)o1. The smallest absolute Gasteiger partial charge is 0.416 e. The molecule has 1 atom stereocenters. The summed E-state index contributed by atoms with van der Waals surface area (Å²) in [6.07, 6.45) is -4.34. The molecule has 1 aromatic heterocycles. The number of alkyl halides is 3. The Morgan fingerprint density at radius 1 is 1.00 bits per heavy atom. The fourth-order valence-electron chi connectivity index (χ4n) is 3.56. The summed E-state index contributed by atoms with van der Waals surface area (Å²) in [6.45, 7) is 0.103. The van der Waals surface area contributed by atoms with Crippen LogP contribution < -0.4 is 0 Å². The molecule has 1 unspecified atom stereocenters. The van der Waals surface area contributed by atoms with E-state index in [0.29, 0.717) is 0 Å². The standard InChI is InChI=1S/C22H16F3NO4/c23-22(24,25)16-7-3-6-14(10-16)18-8-9-19(30-18)20(27)26-12-15-5-2-1-4-13(15)11-17(26)21(28)29/h1-10,17H,11-12H2,(H,28,29). The van der Waals surface area contributed by atoms with E-state index in [4.69, 9.17) is 4.42 Å². The number of carbonyl (C=O) groups is 2. The van der Waals surface area contributed by atoms with Crippen molar-refractivity contribution in [2.75, 3.05) is 0 Å². The lowest BCUT2D eigenvalue weighted by Gasteiger charge is -2.33. The van der Waals surface area contributed by atoms with E-state index >= 15 is 0 Å². The van der Waals surface area contributed by atoms with Crippen LogP contribution in [0.1, 0.15) is 27.2 Å². The lowest BCUT2D eigenvalue weighted by Crippen LogP contribution is -2.48. The largest absolute Gasteiger partial charge is 0.480 e. The maximum Gasteiger partial charge on any atom is 0.416 e. The number of rotatable bonds is 3. The summed E-state index contributed by atoms with van der Waals surface area (Å²) >= 11 is 0. The Morgan fingerprint density at radius 3 is 2.43 bits per heavy atom. The molecule has 8 heteroatoms. The number of carbonyl (C=O) groups excluding carboxylic acids is 1. The van der Waals surface area contributed by atoms with Gasteiger partial charge in [-0.15, -0.1) is 0 Å². The first kappa shape index (κ1) is 19.8. The highest BCUT2D eigenvalue weighted by molar-refractivity contribution is 5.95. The number of halogens is 3. The number of fused-ring (bicyclic) bond motifs is 1. The molecule has 5 nitrogen and oxygen atoms in total. The minimum absolute atomic E-state index is 0.0914. The van der Waals surface area contributed by atoms with Crippen LogP contribution in [0.4, 0.5) is 13.2 Å². The first-order valence-electron chi connectivity index (χ1n) is 9.12. The highest BCUT2D eigenvalue weighted by Gasteiger charge is 2.36.